The molecular formula is C23H21N3O2S. The summed E-state index contributed by atoms with van der Waals surface area (Å²) in [6.45, 7) is 2.50. The van der Waals surface area contributed by atoms with Gasteiger partial charge in [-0.2, -0.15) is 0 Å². The molecule has 146 valence electrons. The van der Waals surface area contributed by atoms with Crippen LogP contribution in [0.15, 0.2) is 76.8 Å². The highest BCUT2D eigenvalue weighted by Gasteiger charge is 2.29. The van der Waals surface area contributed by atoms with E-state index in [9.17, 15) is 9.59 Å². The molecule has 1 N–H and O–H groups in total. The SMILES string of the molecule is CCc1ccc(CNC(=O)CN2C(=O)c3cccnc3Sc3ccccc32)cc1. The number of carbonyl (C=O) groups is 2. The Balaban J connectivity index is 1.53. The first-order valence-electron chi connectivity index (χ1n) is 9.54. The Hall–Kier alpha value is -3.12. The first kappa shape index (κ1) is 19.2. The highest BCUT2D eigenvalue weighted by Crippen LogP contribution is 2.39. The predicted octanol–water partition coefficient (Wildman–Crippen LogP) is 4.07. The molecule has 5 nitrogen and oxygen atoms in total. The molecule has 2 heterocycles. The van der Waals surface area contributed by atoms with Crippen LogP contribution in [0.3, 0.4) is 0 Å². The number of aryl methyl sites for hydroxylation is 1. The third-order valence-electron chi connectivity index (χ3n) is 4.83. The van der Waals surface area contributed by atoms with Crippen molar-refractivity contribution in [2.75, 3.05) is 11.4 Å². The van der Waals surface area contributed by atoms with Gasteiger partial charge < -0.3 is 5.32 Å². The first-order chi connectivity index (χ1) is 14.2. The number of hydrogen-bond acceptors (Lipinski definition) is 4. The zero-order chi connectivity index (χ0) is 20.2. The summed E-state index contributed by atoms with van der Waals surface area (Å²) >= 11 is 1.45. The van der Waals surface area contributed by atoms with E-state index in [1.807, 2.05) is 36.4 Å². The standard InChI is InChI=1S/C23H21N3O2S/c1-2-16-9-11-17(12-10-16)14-25-21(27)15-26-19-7-3-4-8-20(19)29-22-18(23(26)28)6-5-13-24-22/h3-13H,2,14-15H2,1H3,(H,25,27). The average Bonchev–Trinajstić information content (AvgIpc) is 2.87. The third-order valence-corrected chi connectivity index (χ3v) is 5.92. The minimum absolute atomic E-state index is 0.0439. The topological polar surface area (TPSA) is 62.3 Å². The molecule has 6 heteroatoms. The number of para-hydroxylation sites is 1. The van der Waals surface area contributed by atoms with Gasteiger partial charge in [-0.05, 0) is 41.8 Å². The fourth-order valence-corrected chi connectivity index (χ4v) is 4.23. The van der Waals surface area contributed by atoms with Crippen LogP contribution in [0.2, 0.25) is 0 Å². The van der Waals surface area contributed by atoms with Gasteiger partial charge in [0.25, 0.3) is 5.91 Å². The van der Waals surface area contributed by atoms with Crippen LogP contribution in [0.5, 0.6) is 0 Å². The van der Waals surface area contributed by atoms with Gasteiger partial charge in [-0.25, -0.2) is 4.98 Å². The lowest BCUT2D eigenvalue weighted by Gasteiger charge is -2.22. The highest BCUT2D eigenvalue weighted by atomic mass is 32.2. The van der Waals surface area contributed by atoms with E-state index in [0.29, 0.717) is 17.1 Å². The van der Waals surface area contributed by atoms with Crippen LogP contribution in [-0.4, -0.2) is 23.3 Å². The lowest BCUT2D eigenvalue weighted by molar-refractivity contribution is -0.119. The molecule has 3 aromatic rings. The maximum Gasteiger partial charge on any atom is 0.261 e. The summed E-state index contributed by atoms with van der Waals surface area (Å²) in [5, 5.41) is 3.58. The number of amides is 2. The van der Waals surface area contributed by atoms with E-state index < -0.39 is 0 Å². The van der Waals surface area contributed by atoms with Gasteiger partial charge in [0.1, 0.15) is 11.6 Å². The summed E-state index contributed by atoms with van der Waals surface area (Å²) in [6.07, 6.45) is 2.66. The molecule has 1 aromatic heterocycles. The van der Waals surface area contributed by atoms with Crippen molar-refractivity contribution < 1.29 is 9.59 Å². The first-order valence-corrected chi connectivity index (χ1v) is 10.4. The second-order valence-electron chi connectivity index (χ2n) is 6.76. The summed E-state index contributed by atoms with van der Waals surface area (Å²) in [5.74, 6) is -0.418. The van der Waals surface area contributed by atoms with Crippen molar-refractivity contribution in [1.29, 1.82) is 0 Å². The van der Waals surface area contributed by atoms with Crippen molar-refractivity contribution in [3.05, 3.63) is 83.6 Å². The molecule has 0 unspecified atom stereocenters. The molecule has 0 saturated heterocycles. The number of hydrogen-bond donors (Lipinski definition) is 1. The summed E-state index contributed by atoms with van der Waals surface area (Å²) < 4.78 is 0. The Kier molecular flexibility index (Phi) is 5.62. The second kappa shape index (κ2) is 8.49. The van der Waals surface area contributed by atoms with E-state index in [0.717, 1.165) is 22.6 Å². The minimum atomic E-state index is -0.215. The van der Waals surface area contributed by atoms with Gasteiger partial charge in [0, 0.05) is 17.6 Å². The van der Waals surface area contributed by atoms with E-state index in [-0.39, 0.29) is 18.4 Å². The zero-order valence-corrected chi connectivity index (χ0v) is 16.9. The fourth-order valence-electron chi connectivity index (χ4n) is 3.21. The van der Waals surface area contributed by atoms with Gasteiger partial charge in [-0.3, -0.25) is 14.5 Å². The van der Waals surface area contributed by atoms with Gasteiger partial charge >= 0.3 is 0 Å². The maximum absolute atomic E-state index is 13.2. The van der Waals surface area contributed by atoms with Crippen LogP contribution in [0.1, 0.15) is 28.4 Å². The molecule has 4 rings (SSSR count). The maximum atomic E-state index is 13.2. The fraction of sp³-hybridized carbons (Fsp3) is 0.174. The summed E-state index contributed by atoms with van der Waals surface area (Å²) in [4.78, 5) is 32.6. The summed E-state index contributed by atoms with van der Waals surface area (Å²) in [7, 11) is 0. The number of nitrogens with one attached hydrogen (secondary N) is 1. The van der Waals surface area contributed by atoms with E-state index in [2.05, 4.69) is 29.4 Å². The van der Waals surface area contributed by atoms with E-state index >= 15 is 0 Å². The predicted molar refractivity (Wildman–Crippen MR) is 114 cm³/mol. The molecule has 2 aromatic carbocycles. The molecule has 1 aliphatic heterocycles. The lowest BCUT2D eigenvalue weighted by atomic mass is 10.1. The number of carbonyl (C=O) groups excluding carboxylic acids is 2. The second-order valence-corrected chi connectivity index (χ2v) is 7.79. The highest BCUT2D eigenvalue weighted by molar-refractivity contribution is 7.99. The van der Waals surface area contributed by atoms with Crippen LogP contribution in [0, 0.1) is 0 Å². The van der Waals surface area contributed by atoms with Gasteiger partial charge in [0.05, 0.1) is 11.3 Å². The number of nitrogens with zero attached hydrogens (tertiary/aromatic N) is 2. The van der Waals surface area contributed by atoms with E-state index in [1.165, 1.54) is 22.2 Å². The van der Waals surface area contributed by atoms with Gasteiger partial charge in [-0.1, -0.05) is 55.1 Å². The monoisotopic (exact) mass is 403 g/mol. The van der Waals surface area contributed by atoms with Crippen LogP contribution < -0.4 is 10.2 Å². The van der Waals surface area contributed by atoms with Crippen LogP contribution in [-0.2, 0) is 17.8 Å². The number of rotatable bonds is 5. The summed E-state index contributed by atoms with van der Waals surface area (Å²) in [6, 6.07) is 19.3. The van der Waals surface area contributed by atoms with Gasteiger partial charge in [0.2, 0.25) is 5.91 Å². The Morgan fingerprint density at radius 1 is 1.03 bits per heavy atom. The van der Waals surface area contributed by atoms with Crippen LogP contribution >= 0.6 is 11.8 Å². The number of aromatic nitrogens is 1. The number of anilines is 1. The number of benzene rings is 2. The van der Waals surface area contributed by atoms with Crippen LogP contribution in [0.25, 0.3) is 0 Å². The minimum Gasteiger partial charge on any atom is -0.350 e. The molecule has 1 aliphatic rings. The third kappa shape index (κ3) is 4.17. The molecule has 2 amide bonds. The van der Waals surface area contributed by atoms with Crippen molar-refractivity contribution in [3.63, 3.8) is 0 Å². The van der Waals surface area contributed by atoms with Crippen molar-refractivity contribution in [2.45, 2.75) is 29.8 Å². The van der Waals surface area contributed by atoms with Crippen molar-refractivity contribution >= 4 is 29.3 Å². The Bertz CT molecular complexity index is 1050. The molecular weight excluding hydrogens is 382 g/mol. The van der Waals surface area contributed by atoms with Crippen molar-refractivity contribution in [3.8, 4) is 0 Å². The zero-order valence-electron chi connectivity index (χ0n) is 16.1. The normalized spacial score (nSPS) is 12.7. The van der Waals surface area contributed by atoms with Gasteiger partial charge in [-0.15, -0.1) is 0 Å². The lowest BCUT2D eigenvalue weighted by Crippen LogP contribution is -2.40. The number of pyridine rings is 1. The van der Waals surface area contributed by atoms with Crippen LogP contribution in [0.4, 0.5) is 5.69 Å². The Morgan fingerprint density at radius 2 is 1.79 bits per heavy atom. The Morgan fingerprint density at radius 3 is 2.59 bits per heavy atom. The average molecular weight is 404 g/mol. The molecule has 0 radical (unpaired) electrons. The molecule has 0 saturated carbocycles. The van der Waals surface area contributed by atoms with Gasteiger partial charge in [0.15, 0.2) is 0 Å². The van der Waals surface area contributed by atoms with E-state index in [4.69, 9.17) is 0 Å². The molecule has 0 spiro atoms. The van der Waals surface area contributed by atoms with Crippen molar-refractivity contribution in [2.24, 2.45) is 0 Å². The molecule has 0 fully saturated rings. The van der Waals surface area contributed by atoms with E-state index in [1.54, 1.807) is 18.3 Å². The Labute approximate surface area is 174 Å². The quantitative estimate of drug-likeness (QED) is 0.698. The van der Waals surface area contributed by atoms with Crippen molar-refractivity contribution in [1.82, 2.24) is 10.3 Å². The largest absolute Gasteiger partial charge is 0.350 e. The smallest absolute Gasteiger partial charge is 0.261 e. The molecule has 0 aliphatic carbocycles. The summed E-state index contributed by atoms with van der Waals surface area (Å²) in [5.41, 5.74) is 3.53. The molecule has 29 heavy (non-hydrogen) atoms. The molecule has 0 bridgehead atoms. The molecule has 0 atom stereocenters. The number of fused-ring (bicyclic) bond motifs is 2.